The number of hydrogen-bond donors (Lipinski definition) is 1. The fourth-order valence-corrected chi connectivity index (χ4v) is 3.15. The predicted octanol–water partition coefficient (Wildman–Crippen LogP) is 3.47. The van der Waals surface area contributed by atoms with Crippen molar-refractivity contribution in [1.82, 2.24) is 15.1 Å². The summed E-state index contributed by atoms with van der Waals surface area (Å²) in [4.78, 5) is 23.5. The van der Waals surface area contributed by atoms with E-state index in [0.717, 1.165) is 11.3 Å². The van der Waals surface area contributed by atoms with Crippen molar-refractivity contribution in [1.29, 1.82) is 0 Å². The monoisotopic (exact) mass is 382 g/mol. The Balaban J connectivity index is 1.59. The number of para-hydroxylation sites is 1. The Morgan fingerprint density at radius 2 is 2.04 bits per heavy atom. The molecule has 7 nitrogen and oxygen atoms in total. The van der Waals surface area contributed by atoms with E-state index >= 15 is 0 Å². The largest absolute Gasteiger partial charge is 0.352 e. The van der Waals surface area contributed by atoms with Gasteiger partial charge >= 0.3 is 0 Å². The summed E-state index contributed by atoms with van der Waals surface area (Å²) in [5.41, 5.74) is 2.18. The van der Waals surface area contributed by atoms with Crippen LogP contribution in [-0.2, 0) is 6.42 Å². The van der Waals surface area contributed by atoms with Crippen LogP contribution in [0.25, 0.3) is 5.69 Å². The highest BCUT2D eigenvalue weighted by Crippen LogP contribution is 2.28. The van der Waals surface area contributed by atoms with Gasteiger partial charge in [0.1, 0.15) is 0 Å². The maximum atomic E-state index is 12.3. The van der Waals surface area contributed by atoms with Crippen LogP contribution in [0.1, 0.15) is 15.9 Å². The van der Waals surface area contributed by atoms with Gasteiger partial charge in [0.2, 0.25) is 0 Å². The summed E-state index contributed by atoms with van der Waals surface area (Å²) in [7, 11) is 0. The molecule has 1 N–H and O–H groups in total. The van der Waals surface area contributed by atoms with Gasteiger partial charge in [-0.3, -0.25) is 14.9 Å². The third-order valence-corrected chi connectivity index (χ3v) is 4.78. The molecule has 0 saturated carbocycles. The van der Waals surface area contributed by atoms with Crippen LogP contribution < -0.4 is 5.32 Å². The molecule has 0 unspecified atom stereocenters. The van der Waals surface area contributed by atoms with E-state index in [-0.39, 0.29) is 17.2 Å². The highest BCUT2D eigenvalue weighted by atomic mass is 32.2. The van der Waals surface area contributed by atoms with Crippen molar-refractivity contribution >= 4 is 23.4 Å². The second kappa shape index (κ2) is 8.50. The summed E-state index contributed by atoms with van der Waals surface area (Å²) in [6, 6.07) is 14.3. The van der Waals surface area contributed by atoms with Gasteiger partial charge in [0, 0.05) is 24.4 Å². The third kappa shape index (κ3) is 4.53. The molecule has 0 atom stereocenters. The van der Waals surface area contributed by atoms with Gasteiger partial charge in [-0.15, -0.1) is 11.8 Å². The molecule has 0 aliphatic heterocycles. The van der Waals surface area contributed by atoms with Gasteiger partial charge in [-0.1, -0.05) is 18.2 Å². The summed E-state index contributed by atoms with van der Waals surface area (Å²) in [6.07, 6.45) is 6.05. The van der Waals surface area contributed by atoms with E-state index < -0.39 is 4.92 Å². The van der Waals surface area contributed by atoms with Crippen molar-refractivity contribution < 1.29 is 9.72 Å². The average Bonchev–Trinajstić information content (AvgIpc) is 3.17. The smallest absolute Gasteiger partial charge is 0.283 e. The lowest BCUT2D eigenvalue weighted by Crippen LogP contribution is -2.25. The molecule has 8 heteroatoms. The Hall–Kier alpha value is -3.13. The highest BCUT2D eigenvalue weighted by Gasteiger charge is 2.16. The summed E-state index contributed by atoms with van der Waals surface area (Å²) in [6.45, 7) is 0.414. The van der Waals surface area contributed by atoms with Crippen LogP contribution in [0.4, 0.5) is 5.69 Å². The van der Waals surface area contributed by atoms with E-state index in [9.17, 15) is 14.9 Å². The lowest BCUT2D eigenvalue weighted by molar-refractivity contribution is -0.387. The molecule has 1 aromatic heterocycles. The zero-order valence-corrected chi connectivity index (χ0v) is 15.5. The molecule has 0 saturated heterocycles. The number of hydrogen-bond acceptors (Lipinski definition) is 5. The van der Waals surface area contributed by atoms with E-state index in [1.807, 2.05) is 36.5 Å². The van der Waals surface area contributed by atoms with Gasteiger partial charge in [-0.05, 0) is 42.5 Å². The minimum Gasteiger partial charge on any atom is -0.352 e. The first-order valence-corrected chi connectivity index (χ1v) is 9.50. The summed E-state index contributed by atoms with van der Waals surface area (Å²) < 4.78 is 1.78. The summed E-state index contributed by atoms with van der Waals surface area (Å²) >= 11 is 1.28. The highest BCUT2D eigenvalue weighted by molar-refractivity contribution is 7.98. The predicted molar refractivity (Wildman–Crippen MR) is 104 cm³/mol. The van der Waals surface area contributed by atoms with E-state index in [1.54, 1.807) is 29.3 Å². The Bertz CT molecular complexity index is 957. The first kappa shape index (κ1) is 18.7. The molecule has 0 radical (unpaired) electrons. The van der Waals surface area contributed by atoms with Crippen LogP contribution in [-0.4, -0.2) is 33.4 Å². The van der Waals surface area contributed by atoms with Crippen molar-refractivity contribution in [3.8, 4) is 5.69 Å². The lowest BCUT2D eigenvalue weighted by Gasteiger charge is -2.06. The average molecular weight is 382 g/mol. The number of carbonyl (C=O) groups excluding carboxylic acids is 1. The van der Waals surface area contributed by atoms with Crippen LogP contribution in [0.3, 0.4) is 0 Å². The second-order valence-corrected chi connectivity index (χ2v) is 6.63. The van der Waals surface area contributed by atoms with E-state index in [4.69, 9.17) is 0 Å². The van der Waals surface area contributed by atoms with Crippen LogP contribution in [0.15, 0.2) is 65.8 Å². The molecule has 3 aromatic rings. The van der Waals surface area contributed by atoms with Gasteiger partial charge in [0.25, 0.3) is 11.6 Å². The number of nitrogens with one attached hydrogen (secondary N) is 1. The number of nitrogens with zero attached hydrogens (tertiary/aromatic N) is 3. The number of nitro benzene ring substituents is 1. The van der Waals surface area contributed by atoms with Gasteiger partial charge in [-0.2, -0.15) is 5.10 Å². The molecule has 0 aliphatic rings. The second-order valence-electron chi connectivity index (χ2n) is 5.78. The van der Waals surface area contributed by atoms with Crippen LogP contribution in [0.2, 0.25) is 0 Å². The summed E-state index contributed by atoms with van der Waals surface area (Å²) in [5.74, 6) is -0.332. The van der Waals surface area contributed by atoms with Crippen molar-refractivity contribution in [3.05, 3.63) is 82.2 Å². The fraction of sp³-hybridized carbons (Fsp3) is 0.158. The summed E-state index contributed by atoms with van der Waals surface area (Å²) in [5, 5.41) is 18.2. The number of thioether (sulfide) groups is 1. The van der Waals surface area contributed by atoms with Crippen molar-refractivity contribution in [2.24, 2.45) is 0 Å². The third-order valence-electron chi connectivity index (χ3n) is 3.99. The molecule has 0 fully saturated rings. The SMILES string of the molecule is CSc1ccc(C(=O)NCCc2cnn(-c3ccccc3)c2)cc1[N+](=O)[O-]. The van der Waals surface area contributed by atoms with Gasteiger partial charge in [0.05, 0.1) is 21.7 Å². The van der Waals surface area contributed by atoms with E-state index in [2.05, 4.69) is 10.4 Å². The van der Waals surface area contributed by atoms with Crippen LogP contribution in [0, 0.1) is 10.1 Å². The topological polar surface area (TPSA) is 90.1 Å². The van der Waals surface area contributed by atoms with Crippen molar-refractivity contribution in [2.45, 2.75) is 11.3 Å². The molecule has 3 rings (SSSR count). The molecular weight excluding hydrogens is 364 g/mol. The fourth-order valence-electron chi connectivity index (χ4n) is 2.61. The van der Waals surface area contributed by atoms with E-state index in [1.165, 1.54) is 17.8 Å². The minimum atomic E-state index is -0.472. The Kier molecular flexibility index (Phi) is 5.87. The van der Waals surface area contributed by atoms with Crippen LogP contribution >= 0.6 is 11.8 Å². The zero-order chi connectivity index (χ0) is 19.2. The Morgan fingerprint density at radius 1 is 1.26 bits per heavy atom. The number of amides is 1. The Morgan fingerprint density at radius 3 is 2.74 bits per heavy atom. The molecule has 0 aliphatic carbocycles. The van der Waals surface area contributed by atoms with Crippen LogP contribution in [0.5, 0.6) is 0 Å². The number of carbonyl (C=O) groups is 1. The molecule has 0 bridgehead atoms. The van der Waals surface area contributed by atoms with Gasteiger partial charge in [0.15, 0.2) is 0 Å². The molecule has 27 heavy (non-hydrogen) atoms. The van der Waals surface area contributed by atoms with Gasteiger partial charge < -0.3 is 5.32 Å². The molecule has 1 amide bonds. The molecule has 2 aromatic carbocycles. The van der Waals surface area contributed by atoms with Crippen molar-refractivity contribution in [3.63, 3.8) is 0 Å². The first-order valence-electron chi connectivity index (χ1n) is 8.28. The maximum Gasteiger partial charge on any atom is 0.283 e. The number of nitro groups is 1. The normalized spacial score (nSPS) is 10.6. The first-order chi connectivity index (χ1) is 13.1. The molecular formula is C19H18N4O3S. The quantitative estimate of drug-likeness (QED) is 0.384. The Labute approximate surface area is 160 Å². The number of rotatable bonds is 7. The molecule has 138 valence electrons. The minimum absolute atomic E-state index is 0.0562. The van der Waals surface area contributed by atoms with E-state index in [0.29, 0.717) is 17.9 Å². The molecule has 0 spiro atoms. The number of benzene rings is 2. The van der Waals surface area contributed by atoms with Crippen molar-refractivity contribution in [2.75, 3.05) is 12.8 Å². The maximum absolute atomic E-state index is 12.3. The number of aromatic nitrogens is 2. The zero-order valence-electron chi connectivity index (χ0n) is 14.7. The van der Waals surface area contributed by atoms with Gasteiger partial charge in [-0.25, -0.2) is 4.68 Å². The molecule has 1 heterocycles. The standard InChI is InChI=1S/C19H18N4O3S/c1-27-18-8-7-15(11-17(18)23(25)26)19(24)20-10-9-14-12-21-22(13-14)16-5-3-2-4-6-16/h2-8,11-13H,9-10H2,1H3,(H,20,24). The lowest BCUT2D eigenvalue weighted by atomic mass is 10.2.